The minimum atomic E-state index is -3.93. The number of halogens is 3. The number of carbonyl (C=O) groups excluding carboxylic acids is 3. The van der Waals surface area contributed by atoms with E-state index in [4.69, 9.17) is 44.0 Å². The van der Waals surface area contributed by atoms with E-state index in [-0.39, 0.29) is 69.5 Å². The van der Waals surface area contributed by atoms with Crippen LogP contribution in [0.2, 0.25) is 10.0 Å². The number of likely N-dealkylation sites (N-methyl/N-ethyl adjacent to an activating group) is 2. The highest BCUT2D eigenvalue weighted by atomic mass is 35.5. The maximum absolute atomic E-state index is 13.9. The first kappa shape index (κ1) is 78.5. The summed E-state index contributed by atoms with van der Waals surface area (Å²) in [4.78, 5) is 70.1. The minimum Gasteiger partial charge on any atom is -0.478 e. The van der Waals surface area contributed by atoms with Gasteiger partial charge < -0.3 is 41.9 Å². The van der Waals surface area contributed by atoms with Crippen LogP contribution in [-0.2, 0) is 36.1 Å². The molecule has 22 nitrogen and oxygen atoms in total. The number of nitrogens with two attached hydrogens (primary N) is 1. The van der Waals surface area contributed by atoms with E-state index in [0.29, 0.717) is 103 Å². The lowest BCUT2D eigenvalue weighted by molar-refractivity contribution is -0.114. The van der Waals surface area contributed by atoms with Crippen molar-refractivity contribution in [1.82, 2.24) is 43.0 Å². The lowest BCUT2D eigenvalue weighted by atomic mass is 10.1. The number of hydrogen-bond donors (Lipinski definition) is 6. The summed E-state index contributed by atoms with van der Waals surface area (Å²) in [6, 6.07) is 41.8. The number of amides is 2. The van der Waals surface area contributed by atoms with Crippen LogP contribution in [0.3, 0.4) is 0 Å². The first-order valence-corrected chi connectivity index (χ1v) is 37.2. The third-order valence-corrected chi connectivity index (χ3v) is 21.8. The van der Waals surface area contributed by atoms with Gasteiger partial charge in [-0.05, 0) is 179 Å². The van der Waals surface area contributed by atoms with Crippen molar-refractivity contribution in [2.75, 3.05) is 57.2 Å². The summed E-state index contributed by atoms with van der Waals surface area (Å²) in [5.41, 5.74) is 14.5. The lowest BCUT2D eigenvalue weighted by Crippen LogP contribution is -2.34. The molecular formula is C77H84Cl3N13O9S2. The fourth-order valence-electron chi connectivity index (χ4n) is 12.5. The number of ketones is 1. The van der Waals surface area contributed by atoms with Crippen LogP contribution in [0, 0.1) is 27.7 Å². The standard InChI is InChI=1S/C38H40ClN7O4S.C25H26ClN5O2S.C14H17NO3.ClH/c1-24-11-19-30(20-12-24)51(49,50)46-25(2)35(31-8-5-6-9-33(31)46)36-32(39)23-40-38(44-36)43-29-18-17-28(22-29)42-37(48)26-13-15-27(16-14-26)41-34(47)10-7-21-45(3)4;1-15-7-11-19(12-8-15)34(32,33)31-16(2)23(20-5-3-4-6-22(20)31)24-21(26)14-28-25(30-24)29-18-10-9-17(27)13-18;1-15(2)9-3-4-13(16)10-11-5-7-12(8-6-11)14(17)18;/h5-16,19-20,23,28-29H,17-18,21-22H2,1-4H3,(H,41,47)(H,42,48)(H,40,43,44);3-8,11-12,14,17-18H,9-10,13,27H2,1-2H3,(H,28,29,30);3-8H,9-10H2,1-2H3,(H,17,18);1H/b10-7+;;4-3+;/t28-,29?;17-,18?;;/m11../s1. The minimum absolute atomic E-state index is 0. The van der Waals surface area contributed by atoms with Crippen LogP contribution in [0.25, 0.3) is 44.3 Å². The number of carbonyl (C=O) groups is 4. The molecule has 12 rings (SSSR count). The first-order valence-electron chi connectivity index (χ1n) is 33.5. The normalized spacial score (nSPS) is 15.9. The monoisotopic (exact) mass is 1500 g/mol. The summed E-state index contributed by atoms with van der Waals surface area (Å²) < 4.78 is 58.0. The third kappa shape index (κ3) is 19.2. The molecule has 2 saturated carbocycles. The first-order chi connectivity index (χ1) is 49.1. The fraction of sp³-hybridized carbons (Fsp3) is 0.273. The summed E-state index contributed by atoms with van der Waals surface area (Å²) in [6.07, 6.45) is 15.0. The lowest BCUT2D eigenvalue weighted by Gasteiger charge is -2.16. The zero-order chi connectivity index (χ0) is 73.9. The molecular weight excluding hydrogens is 1420 g/mol. The average Bonchev–Trinajstić information content (AvgIpc) is 1.59. The molecule has 4 heterocycles. The number of anilines is 3. The maximum atomic E-state index is 13.9. The fourth-order valence-corrected chi connectivity index (χ4v) is 15.9. The van der Waals surface area contributed by atoms with Gasteiger partial charge in [-0.2, -0.15) is 0 Å². The Morgan fingerprint density at radius 3 is 1.48 bits per heavy atom. The number of nitrogens with zero attached hydrogens (tertiary/aromatic N) is 8. The number of aryl methyl sites for hydroxylation is 2. The predicted octanol–water partition coefficient (Wildman–Crippen LogP) is 13.4. The van der Waals surface area contributed by atoms with E-state index >= 15 is 0 Å². The zero-order valence-corrected chi connectivity index (χ0v) is 62.8. The molecule has 0 bridgehead atoms. The van der Waals surface area contributed by atoms with Crippen molar-refractivity contribution in [1.29, 1.82) is 0 Å². The molecule has 2 fully saturated rings. The molecule has 104 heavy (non-hydrogen) atoms. The number of nitrogens with one attached hydrogen (secondary N) is 4. The molecule has 10 aromatic rings. The van der Waals surface area contributed by atoms with Crippen molar-refractivity contribution in [3.05, 3.63) is 232 Å². The van der Waals surface area contributed by atoms with Gasteiger partial charge in [0.15, 0.2) is 5.78 Å². The SMILES string of the molecule is CN(C)C/C=C/C(=O)Cc1ccc(C(=O)O)cc1.Cc1ccc(S(=O)(=O)n2c(C)c(-c3nc(NC4CC[C@@H](N)C4)ncc3Cl)c3ccccc32)cc1.Cc1ccc(S(=O)(=O)n2c(C)c(-c3nc(NC4CC[C@@H](NC(=O)c5ccc(NC(=O)/C=C/CN(C)C)cc5)C4)ncc3Cl)c3ccccc32)cc1.Cl. The van der Waals surface area contributed by atoms with E-state index in [1.807, 2.05) is 88.2 Å². The van der Waals surface area contributed by atoms with E-state index in [0.717, 1.165) is 60.7 Å². The van der Waals surface area contributed by atoms with Gasteiger partial charge in [-0.1, -0.05) is 119 Å². The molecule has 0 aliphatic heterocycles. The van der Waals surface area contributed by atoms with Crippen molar-refractivity contribution in [2.24, 2.45) is 5.73 Å². The Labute approximate surface area is 622 Å². The molecule has 0 radical (unpaired) electrons. The second-order valence-corrected chi connectivity index (χ2v) is 30.6. The van der Waals surface area contributed by atoms with E-state index in [1.165, 1.54) is 32.4 Å². The van der Waals surface area contributed by atoms with Crippen molar-refractivity contribution in [2.45, 2.75) is 107 Å². The van der Waals surface area contributed by atoms with Crippen molar-refractivity contribution >= 4 is 119 Å². The van der Waals surface area contributed by atoms with Gasteiger partial charge in [-0.15, -0.1) is 12.4 Å². The highest BCUT2D eigenvalue weighted by molar-refractivity contribution is 7.90. The van der Waals surface area contributed by atoms with Gasteiger partial charge >= 0.3 is 5.97 Å². The van der Waals surface area contributed by atoms with Gasteiger partial charge in [0, 0.05) is 94.3 Å². The molecule has 2 unspecified atom stereocenters. The van der Waals surface area contributed by atoms with E-state index in [2.05, 4.69) is 31.2 Å². The zero-order valence-electron chi connectivity index (χ0n) is 58.8. The number of para-hydroxylation sites is 2. The summed E-state index contributed by atoms with van der Waals surface area (Å²) in [5, 5.41) is 23.5. The Bertz CT molecular complexity index is 5050. The number of fused-ring (bicyclic) bond motifs is 2. The summed E-state index contributed by atoms with van der Waals surface area (Å²) in [6.45, 7) is 8.75. The Morgan fingerprint density at radius 2 is 1.02 bits per heavy atom. The molecule has 6 aromatic carbocycles. The van der Waals surface area contributed by atoms with E-state index < -0.39 is 26.0 Å². The number of allylic oxidation sites excluding steroid dienone is 1. The average molecular weight is 1510 g/mol. The molecule has 2 aliphatic carbocycles. The quantitative estimate of drug-likeness (QED) is 0.0344. The van der Waals surface area contributed by atoms with E-state index in [1.54, 1.807) is 135 Å². The number of carboxylic acids is 1. The van der Waals surface area contributed by atoms with Crippen LogP contribution in [0.15, 0.2) is 192 Å². The largest absolute Gasteiger partial charge is 0.478 e. The topological polar surface area (TPSA) is 299 Å². The maximum Gasteiger partial charge on any atom is 0.335 e. The summed E-state index contributed by atoms with van der Waals surface area (Å²) in [7, 11) is -0.0719. The number of carboxylic acid groups (broad SMARTS) is 1. The van der Waals surface area contributed by atoms with E-state index in [9.17, 15) is 36.0 Å². The van der Waals surface area contributed by atoms with Gasteiger partial charge in [-0.3, -0.25) is 14.4 Å². The number of aromatic carboxylic acids is 1. The molecule has 2 aliphatic rings. The summed E-state index contributed by atoms with van der Waals surface area (Å²) in [5.74, 6) is -0.557. The Balaban J connectivity index is 0.000000203. The van der Waals surface area contributed by atoms with Crippen LogP contribution >= 0.6 is 35.6 Å². The third-order valence-electron chi connectivity index (χ3n) is 17.6. The van der Waals surface area contributed by atoms with Gasteiger partial charge in [0.1, 0.15) is 0 Å². The van der Waals surface area contributed by atoms with Crippen molar-refractivity contribution < 1.29 is 41.1 Å². The smallest absolute Gasteiger partial charge is 0.335 e. The molecule has 544 valence electrons. The molecule has 0 spiro atoms. The van der Waals surface area contributed by atoms with Gasteiger partial charge in [0.05, 0.1) is 60.2 Å². The second kappa shape index (κ2) is 34.8. The highest BCUT2D eigenvalue weighted by Crippen LogP contribution is 2.41. The van der Waals surface area contributed by atoms with Crippen molar-refractivity contribution in [3.63, 3.8) is 0 Å². The molecule has 0 saturated heterocycles. The number of benzene rings is 6. The molecule has 4 aromatic heterocycles. The highest BCUT2D eigenvalue weighted by Gasteiger charge is 2.32. The molecule has 4 atom stereocenters. The molecule has 2 amide bonds. The van der Waals surface area contributed by atoms with Crippen LogP contribution in [0.4, 0.5) is 17.6 Å². The van der Waals surface area contributed by atoms with Crippen LogP contribution in [0.1, 0.15) is 87.3 Å². The predicted molar refractivity (Wildman–Crippen MR) is 415 cm³/mol. The van der Waals surface area contributed by atoms with Crippen LogP contribution in [0.5, 0.6) is 0 Å². The van der Waals surface area contributed by atoms with Crippen LogP contribution < -0.4 is 27.0 Å². The van der Waals surface area contributed by atoms with Gasteiger partial charge in [0.2, 0.25) is 17.8 Å². The Morgan fingerprint density at radius 1 is 0.577 bits per heavy atom. The Kier molecular flexibility index (Phi) is 26.2. The van der Waals surface area contributed by atoms with Gasteiger partial charge in [-0.25, -0.2) is 49.5 Å². The number of hydrogen-bond acceptors (Lipinski definition) is 17. The number of aromatic nitrogens is 6. The molecule has 27 heteroatoms. The summed E-state index contributed by atoms with van der Waals surface area (Å²) >= 11 is 13.3. The van der Waals surface area contributed by atoms with Gasteiger partial charge in [0.25, 0.3) is 26.0 Å². The Hall–Kier alpha value is -9.63. The number of rotatable bonds is 22. The molecule has 7 N–H and O–H groups in total. The van der Waals surface area contributed by atoms with Crippen LogP contribution in [-0.4, -0.2) is 149 Å². The second-order valence-electron chi connectivity index (χ2n) is 26.2. The van der Waals surface area contributed by atoms with Crippen molar-refractivity contribution in [3.8, 4) is 22.5 Å².